The summed E-state index contributed by atoms with van der Waals surface area (Å²) in [6.07, 6.45) is 4.26. The number of amides is 3. The number of likely N-dealkylation sites (N-methyl/N-ethyl adjacent to an activating group) is 1. The number of aryl methyl sites for hydroxylation is 5. The van der Waals surface area contributed by atoms with E-state index in [1.807, 2.05) is 97.1 Å². The first-order valence-electron chi connectivity index (χ1n) is 23.1. The third-order valence-electron chi connectivity index (χ3n) is 9.61. The molecule has 5 rings (SSSR count). The van der Waals surface area contributed by atoms with Crippen molar-refractivity contribution in [3.8, 4) is 5.75 Å². The molecule has 10 heteroatoms. The van der Waals surface area contributed by atoms with Gasteiger partial charge in [-0.3, -0.25) is 14.6 Å². The van der Waals surface area contributed by atoms with Gasteiger partial charge < -0.3 is 25.0 Å². The van der Waals surface area contributed by atoms with Gasteiger partial charge in [0.05, 0.1) is 0 Å². The third kappa shape index (κ3) is 27.1. The molecule has 0 spiro atoms. The number of hydrogen-bond acceptors (Lipinski definition) is 7. The van der Waals surface area contributed by atoms with Crippen molar-refractivity contribution in [3.05, 3.63) is 147 Å². The number of ether oxygens (including phenoxy) is 2. The smallest absolute Gasteiger partial charge is 0.407 e. The summed E-state index contributed by atoms with van der Waals surface area (Å²) in [5.41, 5.74) is 7.33. The topological polar surface area (TPSA) is 110 Å². The molecule has 2 N–H and O–H groups in total. The second-order valence-corrected chi connectivity index (χ2v) is 20.4. The number of carbonyl (C=O) groups excluding carboxylic acids is 3. The van der Waals surface area contributed by atoms with Crippen molar-refractivity contribution in [2.75, 3.05) is 18.9 Å². The summed E-state index contributed by atoms with van der Waals surface area (Å²) in [7, 11) is 1.64. The van der Waals surface area contributed by atoms with E-state index < -0.39 is 17.4 Å². The second-order valence-electron chi connectivity index (χ2n) is 19.2. The summed E-state index contributed by atoms with van der Waals surface area (Å²) in [5, 5.41) is 7.70. The molecule has 2 aromatic heterocycles. The van der Waals surface area contributed by atoms with E-state index in [1.54, 1.807) is 24.6 Å². The average molecular weight is 923 g/mol. The van der Waals surface area contributed by atoms with Crippen molar-refractivity contribution < 1.29 is 23.9 Å². The van der Waals surface area contributed by atoms with Crippen LogP contribution in [0, 0.1) is 52.4 Å². The van der Waals surface area contributed by atoms with Gasteiger partial charge in [0.1, 0.15) is 18.0 Å². The summed E-state index contributed by atoms with van der Waals surface area (Å²) in [6.45, 7) is 33.8. The van der Waals surface area contributed by atoms with Crippen molar-refractivity contribution in [1.29, 1.82) is 0 Å². The first-order valence-corrected chi connectivity index (χ1v) is 24.0. The van der Waals surface area contributed by atoms with Crippen LogP contribution in [0.25, 0.3) is 0 Å². The quantitative estimate of drug-likeness (QED) is 0.128. The predicted octanol–water partition coefficient (Wildman–Crippen LogP) is 14.1. The monoisotopic (exact) mass is 923 g/mol. The molecule has 9 nitrogen and oxygen atoms in total. The molecule has 1 atom stereocenters. The standard InChI is InChI=1S/C15H22N2O2.C15H17NO.C13H27NO2.C8H10.C5H6S/c1-10(2)9-17(5)15(19)14(18)16-13-8-11(3)6-7-12(13)4;1-12(2)14-5-7-15(8-6-14)17-11-13-4-3-9-16-10-13;1-9(2)8-11(10(3)4)14-12(15)16-13(5,6)7;1-7-3-5-8(2)6-4-7;1-5-3-2-4-6-5/h6-8,10H,9H2,1-5H3,(H,16,18);3-10,12H,11H2,1-2H3;9-11H,8H2,1-7H3,(H,14,15);3-6H,1-2H3;2-4H,1H3. The van der Waals surface area contributed by atoms with Crippen molar-refractivity contribution in [2.45, 2.75) is 141 Å². The lowest BCUT2D eigenvalue weighted by molar-refractivity contribution is -0.142. The van der Waals surface area contributed by atoms with Gasteiger partial charge in [0.2, 0.25) is 0 Å². The Labute approximate surface area is 403 Å². The Hall–Kier alpha value is -5.48. The number of nitrogens with one attached hydrogen (secondary N) is 2. The van der Waals surface area contributed by atoms with E-state index in [-0.39, 0.29) is 12.1 Å². The maximum Gasteiger partial charge on any atom is 0.407 e. The minimum absolute atomic E-state index is 0.190. The molecule has 2 heterocycles. The highest BCUT2D eigenvalue weighted by Crippen LogP contribution is 2.20. The number of carbonyl (C=O) groups is 3. The Morgan fingerprint density at radius 2 is 1.33 bits per heavy atom. The van der Waals surface area contributed by atoms with E-state index in [9.17, 15) is 14.4 Å². The Kier molecular flexibility index (Phi) is 27.2. The molecule has 3 amide bonds. The van der Waals surface area contributed by atoms with Crippen molar-refractivity contribution in [1.82, 2.24) is 15.2 Å². The molecule has 1 unspecified atom stereocenters. The molecule has 0 radical (unpaired) electrons. The highest BCUT2D eigenvalue weighted by molar-refractivity contribution is 7.09. The fourth-order valence-corrected chi connectivity index (χ4v) is 6.44. The molecule has 362 valence electrons. The van der Waals surface area contributed by atoms with Gasteiger partial charge in [0.25, 0.3) is 0 Å². The lowest BCUT2D eigenvalue weighted by atomic mass is 9.95. The Bertz CT molecular complexity index is 2070. The van der Waals surface area contributed by atoms with E-state index in [0.29, 0.717) is 42.5 Å². The zero-order chi connectivity index (χ0) is 50.0. The fraction of sp³-hybridized carbons (Fsp3) is 0.464. The summed E-state index contributed by atoms with van der Waals surface area (Å²) >= 11 is 1.78. The molecule has 0 fully saturated rings. The van der Waals surface area contributed by atoms with E-state index in [4.69, 9.17) is 9.47 Å². The van der Waals surface area contributed by atoms with Gasteiger partial charge in [0.15, 0.2) is 0 Å². The molecule has 3 aromatic carbocycles. The van der Waals surface area contributed by atoms with Crippen LogP contribution >= 0.6 is 11.3 Å². The second kappa shape index (κ2) is 30.7. The molecule has 5 aromatic rings. The summed E-state index contributed by atoms with van der Waals surface area (Å²) in [6, 6.07) is 30.8. The molecule has 0 aliphatic rings. The largest absolute Gasteiger partial charge is 0.489 e. The van der Waals surface area contributed by atoms with Crippen LogP contribution in [-0.2, 0) is 20.9 Å². The maximum absolute atomic E-state index is 11.9. The number of hydrogen-bond donors (Lipinski definition) is 2. The van der Waals surface area contributed by atoms with Crippen LogP contribution in [0.4, 0.5) is 10.5 Å². The number of alkyl carbamates (subject to hydrolysis) is 1. The highest BCUT2D eigenvalue weighted by Gasteiger charge is 2.22. The first kappa shape index (κ1) is 58.5. The van der Waals surface area contributed by atoms with Crippen LogP contribution in [-0.4, -0.2) is 53.0 Å². The zero-order valence-corrected chi connectivity index (χ0v) is 44.1. The number of anilines is 1. The van der Waals surface area contributed by atoms with Gasteiger partial charge in [-0.15, -0.1) is 11.3 Å². The molecule has 0 bridgehead atoms. The summed E-state index contributed by atoms with van der Waals surface area (Å²) in [5.74, 6) is 1.70. The van der Waals surface area contributed by atoms with Crippen LogP contribution in [0.5, 0.6) is 5.75 Å². The highest BCUT2D eigenvalue weighted by atomic mass is 32.1. The van der Waals surface area contributed by atoms with E-state index in [2.05, 4.69) is 132 Å². The van der Waals surface area contributed by atoms with Crippen LogP contribution in [0.3, 0.4) is 0 Å². The van der Waals surface area contributed by atoms with Crippen LogP contribution in [0.15, 0.2) is 109 Å². The number of thiophene rings is 1. The Morgan fingerprint density at radius 3 is 1.77 bits per heavy atom. The Morgan fingerprint density at radius 1 is 0.742 bits per heavy atom. The van der Waals surface area contributed by atoms with E-state index in [0.717, 1.165) is 28.9 Å². The average Bonchev–Trinajstić information content (AvgIpc) is 3.73. The van der Waals surface area contributed by atoms with Crippen LogP contribution < -0.4 is 15.4 Å². The van der Waals surface area contributed by atoms with Crippen LogP contribution in [0.1, 0.15) is 127 Å². The summed E-state index contributed by atoms with van der Waals surface area (Å²) < 4.78 is 10.9. The predicted molar refractivity (Wildman–Crippen MR) is 279 cm³/mol. The van der Waals surface area contributed by atoms with Gasteiger partial charge in [-0.05, 0) is 138 Å². The number of pyridine rings is 1. The molecular formula is C56H82N4O5S. The van der Waals surface area contributed by atoms with Gasteiger partial charge in [-0.2, -0.15) is 0 Å². The minimum Gasteiger partial charge on any atom is -0.489 e. The molecule has 0 saturated heterocycles. The number of nitrogens with zero attached hydrogens (tertiary/aromatic N) is 2. The first-order chi connectivity index (χ1) is 30.9. The molecule has 0 aliphatic heterocycles. The van der Waals surface area contributed by atoms with Crippen molar-refractivity contribution in [2.24, 2.45) is 17.8 Å². The number of aromatic nitrogens is 1. The number of rotatable bonds is 11. The van der Waals surface area contributed by atoms with Crippen molar-refractivity contribution in [3.63, 3.8) is 0 Å². The minimum atomic E-state index is -0.586. The van der Waals surface area contributed by atoms with Gasteiger partial charge in [-0.1, -0.05) is 127 Å². The fourth-order valence-electron chi connectivity index (χ4n) is 5.91. The molecular weight excluding hydrogens is 841 g/mol. The van der Waals surface area contributed by atoms with Crippen molar-refractivity contribution >= 4 is 34.9 Å². The molecule has 0 saturated carbocycles. The summed E-state index contributed by atoms with van der Waals surface area (Å²) in [4.78, 5) is 42.3. The Balaban J connectivity index is 0.000000432. The normalized spacial score (nSPS) is 11.0. The van der Waals surface area contributed by atoms with Crippen LogP contribution in [0.2, 0.25) is 0 Å². The third-order valence-corrected chi connectivity index (χ3v) is 10.4. The van der Waals surface area contributed by atoms with Gasteiger partial charge in [0, 0.05) is 48.2 Å². The maximum atomic E-state index is 11.9. The number of benzene rings is 3. The van der Waals surface area contributed by atoms with Gasteiger partial charge >= 0.3 is 17.9 Å². The molecule has 66 heavy (non-hydrogen) atoms. The SMILES string of the molecule is CC(C)CC(NC(=O)OC(C)(C)C)C(C)C.CC(C)c1ccc(OCc2cccnc2)cc1.Cc1ccc(C)c(NC(=O)C(=O)N(C)CC(C)C)c1.Cc1ccc(C)cc1.Cc1cccs1. The van der Waals surface area contributed by atoms with E-state index in [1.165, 1.54) is 26.5 Å². The zero-order valence-electron chi connectivity index (χ0n) is 43.2. The molecule has 0 aliphatic carbocycles. The van der Waals surface area contributed by atoms with E-state index >= 15 is 0 Å². The lowest BCUT2D eigenvalue weighted by Crippen LogP contribution is -2.42. The van der Waals surface area contributed by atoms with Gasteiger partial charge in [-0.25, -0.2) is 4.79 Å². The lowest BCUT2D eigenvalue weighted by Gasteiger charge is -2.26.